The molecule has 1 saturated heterocycles. The van der Waals surface area contributed by atoms with Crippen molar-refractivity contribution in [2.75, 3.05) is 6.61 Å². The van der Waals surface area contributed by atoms with Crippen LogP contribution in [0.1, 0.15) is 45.3 Å². The van der Waals surface area contributed by atoms with Gasteiger partial charge in [0.25, 0.3) is 0 Å². The summed E-state index contributed by atoms with van der Waals surface area (Å²) in [6.45, 7) is 7.95. The Balaban J connectivity index is 1.83. The first-order chi connectivity index (χ1) is 8.03. The van der Waals surface area contributed by atoms with Gasteiger partial charge in [0, 0.05) is 18.6 Å². The molecule has 0 radical (unpaired) electrons. The van der Waals surface area contributed by atoms with E-state index in [0.717, 1.165) is 37.5 Å². The molecule has 1 aromatic heterocycles. The lowest BCUT2D eigenvalue weighted by Gasteiger charge is -2.18. The Bertz CT molecular complexity index is 349. The van der Waals surface area contributed by atoms with Gasteiger partial charge < -0.3 is 14.5 Å². The smallest absolute Gasteiger partial charge is 0.208 e. The molecule has 1 unspecified atom stereocenters. The second kappa shape index (κ2) is 5.19. The quantitative estimate of drug-likeness (QED) is 0.874. The average Bonchev–Trinajstić information content (AvgIpc) is 2.86. The number of aromatic nitrogens is 1. The molecule has 0 saturated carbocycles. The SMILES string of the molecule is CC(C)(C)NCc1ncc(CC2CCCO2)o1. The molecular formula is C13H22N2O2. The molecule has 1 aromatic rings. The largest absolute Gasteiger partial charge is 0.444 e. The molecule has 1 aliphatic heterocycles. The molecule has 1 atom stereocenters. The topological polar surface area (TPSA) is 47.3 Å². The Kier molecular flexibility index (Phi) is 3.84. The van der Waals surface area contributed by atoms with E-state index in [2.05, 4.69) is 31.1 Å². The zero-order valence-electron chi connectivity index (χ0n) is 11.0. The lowest BCUT2D eigenvalue weighted by molar-refractivity contribution is 0.106. The zero-order valence-corrected chi connectivity index (χ0v) is 11.0. The van der Waals surface area contributed by atoms with Crippen molar-refractivity contribution in [2.24, 2.45) is 0 Å². The molecule has 4 heteroatoms. The van der Waals surface area contributed by atoms with Crippen molar-refractivity contribution >= 4 is 0 Å². The molecule has 2 rings (SSSR count). The molecule has 17 heavy (non-hydrogen) atoms. The average molecular weight is 238 g/mol. The van der Waals surface area contributed by atoms with E-state index in [-0.39, 0.29) is 5.54 Å². The van der Waals surface area contributed by atoms with E-state index in [4.69, 9.17) is 9.15 Å². The monoisotopic (exact) mass is 238 g/mol. The lowest BCUT2D eigenvalue weighted by Crippen LogP contribution is -2.35. The number of hydrogen-bond donors (Lipinski definition) is 1. The normalized spacial score (nSPS) is 21.0. The van der Waals surface area contributed by atoms with Gasteiger partial charge in [0.2, 0.25) is 5.89 Å². The van der Waals surface area contributed by atoms with Gasteiger partial charge in [-0.3, -0.25) is 0 Å². The molecular weight excluding hydrogens is 216 g/mol. The highest BCUT2D eigenvalue weighted by atomic mass is 16.5. The third-order valence-electron chi connectivity index (χ3n) is 2.82. The summed E-state index contributed by atoms with van der Waals surface area (Å²) >= 11 is 0. The number of nitrogens with one attached hydrogen (secondary N) is 1. The van der Waals surface area contributed by atoms with Gasteiger partial charge in [0.05, 0.1) is 18.8 Å². The van der Waals surface area contributed by atoms with Gasteiger partial charge in [-0.15, -0.1) is 0 Å². The highest BCUT2D eigenvalue weighted by Crippen LogP contribution is 2.17. The summed E-state index contributed by atoms with van der Waals surface area (Å²) < 4.78 is 11.3. The molecule has 0 aliphatic carbocycles. The van der Waals surface area contributed by atoms with Gasteiger partial charge in [0.1, 0.15) is 5.76 Å². The fraction of sp³-hybridized carbons (Fsp3) is 0.769. The van der Waals surface area contributed by atoms with Crippen LogP contribution in [0.4, 0.5) is 0 Å². The first-order valence-electron chi connectivity index (χ1n) is 6.33. The van der Waals surface area contributed by atoms with Gasteiger partial charge in [0.15, 0.2) is 0 Å². The van der Waals surface area contributed by atoms with Crippen LogP contribution < -0.4 is 5.32 Å². The Morgan fingerprint density at radius 3 is 2.94 bits per heavy atom. The summed E-state index contributed by atoms with van der Waals surface area (Å²) in [4.78, 5) is 4.28. The second-order valence-corrected chi connectivity index (χ2v) is 5.66. The molecule has 1 aliphatic rings. The van der Waals surface area contributed by atoms with E-state index in [1.54, 1.807) is 0 Å². The Morgan fingerprint density at radius 1 is 1.47 bits per heavy atom. The maximum absolute atomic E-state index is 5.69. The van der Waals surface area contributed by atoms with Crippen LogP contribution in [0.2, 0.25) is 0 Å². The maximum atomic E-state index is 5.69. The third kappa shape index (κ3) is 4.13. The van der Waals surface area contributed by atoms with Crippen molar-refractivity contribution in [3.05, 3.63) is 17.8 Å². The van der Waals surface area contributed by atoms with Crippen LogP contribution in [0, 0.1) is 0 Å². The van der Waals surface area contributed by atoms with Crippen LogP contribution in [0.3, 0.4) is 0 Å². The zero-order chi connectivity index (χ0) is 12.3. The number of ether oxygens (including phenoxy) is 1. The first kappa shape index (κ1) is 12.6. The van der Waals surface area contributed by atoms with E-state index in [9.17, 15) is 0 Å². The van der Waals surface area contributed by atoms with Crippen molar-refractivity contribution < 1.29 is 9.15 Å². The van der Waals surface area contributed by atoms with E-state index < -0.39 is 0 Å². The Labute approximate surface area is 103 Å². The number of rotatable bonds is 4. The van der Waals surface area contributed by atoms with E-state index in [0.29, 0.717) is 12.6 Å². The van der Waals surface area contributed by atoms with E-state index >= 15 is 0 Å². The lowest BCUT2D eigenvalue weighted by atomic mass is 10.1. The molecule has 2 heterocycles. The minimum atomic E-state index is 0.0865. The van der Waals surface area contributed by atoms with Crippen LogP contribution in [-0.4, -0.2) is 23.2 Å². The highest BCUT2D eigenvalue weighted by molar-refractivity contribution is 4.97. The summed E-state index contributed by atoms with van der Waals surface area (Å²) in [5.41, 5.74) is 0.0865. The van der Waals surface area contributed by atoms with Crippen molar-refractivity contribution in [1.82, 2.24) is 10.3 Å². The van der Waals surface area contributed by atoms with Gasteiger partial charge in [-0.1, -0.05) is 0 Å². The van der Waals surface area contributed by atoms with Crippen molar-refractivity contribution in [2.45, 2.75) is 58.2 Å². The highest BCUT2D eigenvalue weighted by Gasteiger charge is 2.18. The maximum Gasteiger partial charge on any atom is 0.208 e. The Morgan fingerprint density at radius 2 is 2.29 bits per heavy atom. The van der Waals surface area contributed by atoms with E-state index in [1.807, 2.05) is 6.20 Å². The fourth-order valence-electron chi connectivity index (χ4n) is 1.89. The van der Waals surface area contributed by atoms with Crippen LogP contribution in [0.25, 0.3) is 0 Å². The molecule has 0 amide bonds. The molecule has 1 fully saturated rings. The molecule has 0 aromatic carbocycles. The van der Waals surface area contributed by atoms with E-state index in [1.165, 1.54) is 0 Å². The van der Waals surface area contributed by atoms with Crippen LogP contribution >= 0.6 is 0 Å². The molecule has 0 spiro atoms. The molecule has 4 nitrogen and oxygen atoms in total. The van der Waals surface area contributed by atoms with Gasteiger partial charge in [-0.05, 0) is 33.6 Å². The molecule has 0 bridgehead atoms. The number of nitrogens with zero attached hydrogens (tertiary/aromatic N) is 1. The summed E-state index contributed by atoms with van der Waals surface area (Å²) in [6.07, 6.45) is 5.29. The van der Waals surface area contributed by atoms with Crippen LogP contribution in [0.15, 0.2) is 10.6 Å². The molecule has 96 valence electrons. The standard InChI is InChI=1S/C13H22N2O2/c1-13(2,3)15-9-12-14-8-11(17-12)7-10-5-4-6-16-10/h8,10,15H,4-7,9H2,1-3H3. The van der Waals surface area contributed by atoms with Crippen molar-refractivity contribution in [1.29, 1.82) is 0 Å². The van der Waals surface area contributed by atoms with Gasteiger partial charge >= 0.3 is 0 Å². The summed E-state index contributed by atoms with van der Waals surface area (Å²) in [5.74, 6) is 1.69. The summed E-state index contributed by atoms with van der Waals surface area (Å²) in [6, 6.07) is 0. The van der Waals surface area contributed by atoms with Crippen LogP contribution in [0.5, 0.6) is 0 Å². The Hall–Kier alpha value is -0.870. The minimum absolute atomic E-state index is 0.0865. The summed E-state index contributed by atoms with van der Waals surface area (Å²) in [7, 11) is 0. The minimum Gasteiger partial charge on any atom is -0.444 e. The predicted molar refractivity (Wildman–Crippen MR) is 65.8 cm³/mol. The fourth-order valence-corrected chi connectivity index (χ4v) is 1.89. The van der Waals surface area contributed by atoms with Crippen LogP contribution in [-0.2, 0) is 17.7 Å². The van der Waals surface area contributed by atoms with Gasteiger partial charge in [-0.2, -0.15) is 0 Å². The molecule has 1 N–H and O–H groups in total. The summed E-state index contributed by atoms with van der Waals surface area (Å²) in [5, 5.41) is 3.36. The third-order valence-corrected chi connectivity index (χ3v) is 2.82. The second-order valence-electron chi connectivity index (χ2n) is 5.66. The van der Waals surface area contributed by atoms with Gasteiger partial charge in [-0.25, -0.2) is 4.98 Å². The predicted octanol–water partition coefficient (Wildman–Crippen LogP) is 2.28. The number of hydrogen-bond acceptors (Lipinski definition) is 4. The van der Waals surface area contributed by atoms with Crippen molar-refractivity contribution in [3.63, 3.8) is 0 Å². The number of oxazole rings is 1. The van der Waals surface area contributed by atoms with Crippen molar-refractivity contribution in [3.8, 4) is 0 Å². The first-order valence-corrected chi connectivity index (χ1v) is 6.33.